The van der Waals surface area contributed by atoms with Crippen LogP contribution in [0.15, 0.2) is 47.4 Å². The molecule has 2 aromatic rings. The fourth-order valence-corrected chi connectivity index (χ4v) is 4.71. The molecule has 0 spiro atoms. The lowest BCUT2D eigenvalue weighted by Crippen LogP contribution is -2.35. The number of anilines is 1. The molecule has 0 amide bonds. The molecule has 0 aromatic heterocycles. The average molecular weight is 353 g/mol. The number of hydrogen-bond acceptors (Lipinski definition) is 4. The van der Waals surface area contributed by atoms with Gasteiger partial charge in [0.1, 0.15) is 5.02 Å². The van der Waals surface area contributed by atoms with E-state index in [2.05, 4.69) is 0 Å². The van der Waals surface area contributed by atoms with E-state index in [1.165, 1.54) is 16.4 Å². The van der Waals surface area contributed by atoms with Crippen LogP contribution in [-0.2, 0) is 16.4 Å². The fourth-order valence-electron chi connectivity index (χ4n) is 2.81. The molecule has 0 saturated carbocycles. The molecule has 0 bridgehead atoms. The summed E-state index contributed by atoms with van der Waals surface area (Å²) in [6, 6.07) is 10.5. The molecule has 1 aliphatic heterocycles. The zero-order valence-electron chi connectivity index (χ0n) is 12.1. The van der Waals surface area contributed by atoms with Crippen molar-refractivity contribution in [2.45, 2.75) is 24.3 Å². The van der Waals surface area contributed by atoms with Gasteiger partial charge in [-0.15, -0.1) is 0 Å². The molecule has 1 atom stereocenters. The van der Waals surface area contributed by atoms with Gasteiger partial charge in [-0.25, -0.2) is 8.42 Å². The molecule has 6 nitrogen and oxygen atoms in total. The lowest BCUT2D eigenvalue weighted by molar-refractivity contribution is -0.384. The van der Waals surface area contributed by atoms with Crippen LogP contribution in [-0.4, -0.2) is 19.4 Å². The predicted molar refractivity (Wildman–Crippen MR) is 87.4 cm³/mol. The molecule has 1 heterocycles. The first-order valence-corrected chi connectivity index (χ1v) is 8.70. The zero-order valence-corrected chi connectivity index (χ0v) is 13.7. The van der Waals surface area contributed by atoms with Crippen molar-refractivity contribution < 1.29 is 13.3 Å². The fraction of sp³-hybridized carbons (Fsp3) is 0.200. The molecular formula is C15H13ClN2O4S. The first-order valence-electron chi connectivity index (χ1n) is 6.88. The first-order chi connectivity index (χ1) is 10.8. The molecule has 1 aliphatic rings. The highest BCUT2D eigenvalue weighted by Gasteiger charge is 2.36. The summed E-state index contributed by atoms with van der Waals surface area (Å²) in [7, 11) is -3.90. The van der Waals surface area contributed by atoms with Crippen molar-refractivity contribution in [3.05, 3.63) is 63.2 Å². The van der Waals surface area contributed by atoms with E-state index in [0.717, 1.165) is 11.6 Å². The van der Waals surface area contributed by atoms with Crippen LogP contribution in [0.1, 0.15) is 12.5 Å². The van der Waals surface area contributed by atoms with E-state index in [0.29, 0.717) is 12.1 Å². The van der Waals surface area contributed by atoms with Crippen LogP contribution in [0.25, 0.3) is 0 Å². The van der Waals surface area contributed by atoms with Crippen molar-refractivity contribution >= 4 is 33.0 Å². The molecule has 0 saturated heterocycles. The number of rotatable bonds is 3. The third kappa shape index (κ3) is 2.55. The second-order valence-corrected chi connectivity index (χ2v) is 7.58. The number of para-hydroxylation sites is 1. The molecule has 120 valence electrons. The maximum Gasteiger partial charge on any atom is 0.289 e. The number of sulfonamides is 1. The van der Waals surface area contributed by atoms with Crippen molar-refractivity contribution in [3.63, 3.8) is 0 Å². The maximum atomic E-state index is 13.0. The Balaban J connectivity index is 2.13. The van der Waals surface area contributed by atoms with Crippen LogP contribution in [0, 0.1) is 10.1 Å². The van der Waals surface area contributed by atoms with Gasteiger partial charge in [-0.2, -0.15) is 0 Å². The van der Waals surface area contributed by atoms with E-state index < -0.39 is 20.6 Å². The van der Waals surface area contributed by atoms with Gasteiger partial charge in [-0.3, -0.25) is 14.4 Å². The lowest BCUT2D eigenvalue weighted by Gasteiger charge is -2.24. The summed E-state index contributed by atoms with van der Waals surface area (Å²) in [6.07, 6.45) is 0.602. The number of halogens is 1. The molecule has 8 heteroatoms. The summed E-state index contributed by atoms with van der Waals surface area (Å²) in [6.45, 7) is 1.81. The van der Waals surface area contributed by atoms with Crippen LogP contribution in [0.5, 0.6) is 0 Å². The standard InChI is InChI=1S/C15H13ClN2O4S/c1-10-8-11-4-2-3-5-14(11)17(10)23(21,22)12-6-7-13(16)15(9-12)18(19)20/h2-7,9-10H,8H2,1H3/t10-/m1/s1. The Morgan fingerprint density at radius 2 is 1.96 bits per heavy atom. The van der Waals surface area contributed by atoms with Gasteiger partial charge in [-0.1, -0.05) is 29.8 Å². The molecule has 2 aromatic carbocycles. The highest BCUT2D eigenvalue weighted by Crippen LogP contribution is 2.37. The van der Waals surface area contributed by atoms with Gasteiger partial charge in [-0.05, 0) is 37.1 Å². The summed E-state index contributed by atoms with van der Waals surface area (Å²) in [5.74, 6) is 0. The van der Waals surface area contributed by atoms with E-state index in [4.69, 9.17) is 11.6 Å². The molecule has 0 radical (unpaired) electrons. The van der Waals surface area contributed by atoms with Gasteiger partial charge in [0.2, 0.25) is 0 Å². The summed E-state index contributed by atoms with van der Waals surface area (Å²) in [5.41, 5.74) is 1.12. The molecule has 23 heavy (non-hydrogen) atoms. The van der Waals surface area contributed by atoms with Crippen molar-refractivity contribution in [2.24, 2.45) is 0 Å². The Labute approximate surface area is 138 Å². The third-order valence-electron chi connectivity index (χ3n) is 3.82. The topological polar surface area (TPSA) is 80.5 Å². The highest BCUT2D eigenvalue weighted by atomic mass is 35.5. The minimum Gasteiger partial charge on any atom is -0.263 e. The minimum absolute atomic E-state index is 0.0937. The first kappa shape index (κ1) is 15.8. The lowest BCUT2D eigenvalue weighted by atomic mass is 10.1. The summed E-state index contributed by atoms with van der Waals surface area (Å²) >= 11 is 5.76. The minimum atomic E-state index is -3.90. The van der Waals surface area contributed by atoms with Gasteiger partial charge in [0.05, 0.1) is 15.5 Å². The Bertz CT molecular complexity index is 898. The summed E-state index contributed by atoms with van der Waals surface area (Å²) in [5, 5.41) is 10.9. The largest absolute Gasteiger partial charge is 0.289 e. The Morgan fingerprint density at radius 3 is 2.65 bits per heavy atom. The van der Waals surface area contributed by atoms with Crippen LogP contribution < -0.4 is 4.31 Å². The van der Waals surface area contributed by atoms with Gasteiger partial charge in [0.15, 0.2) is 0 Å². The monoisotopic (exact) mass is 352 g/mol. The van der Waals surface area contributed by atoms with Gasteiger partial charge >= 0.3 is 0 Å². The second-order valence-electron chi connectivity index (χ2n) is 5.35. The van der Waals surface area contributed by atoms with Crippen LogP contribution >= 0.6 is 11.6 Å². The number of benzene rings is 2. The van der Waals surface area contributed by atoms with Crippen molar-refractivity contribution in [2.75, 3.05) is 4.31 Å². The molecular weight excluding hydrogens is 340 g/mol. The van der Waals surface area contributed by atoms with E-state index in [1.54, 1.807) is 12.1 Å². The number of nitrogens with zero attached hydrogens (tertiary/aromatic N) is 2. The number of fused-ring (bicyclic) bond motifs is 1. The Kier molecular flexibility index (Phi) is 3.77. The Hall–Kier alpha value is -2.12. The van der Waals surface area contributed by atoms with E-state index in [9.17, 15) is 18.5 Å². The quantitative estimate of drug-likeness (QED) is 0.626. The number of nitro groups is 1. The van der Waals surface area contributed by atoms with Gasteiger partial charge < -0.3 is 0 Å². The zero-order chi connectivity index (χ0) is 16.8. The molecule has 3 rings (SSSR count). The maximum absolute atomic E-state index is 13.0. The number of hydrogen-bond donors (Lipinski definition) is 0. The second kappa shape index (κ2) is 5.50. The smallest absolute Gasteiger partial charge is 0.263 e. The summed E-state index contributed by atoms with van der Waals surface area (Å²) in [4.78, 5) is 10.2. The SMILES string of the molecule is C[C@@H]1Cc2ccccc2N1S(=O)(=O)c1ccc(Cl)c([N+](=O)[O-])c1. The third-order valence-corrected chi connectivity index (χ3v) is 6.06. The van der Waals surface area contributed by atoms with Crippen molar-refractivity contribution in [1.82, 2.24) is 0 Å². The van der Waals surface area contributed by atoms with E-state index >= 15 is 0 Å². The molecule has 0 aliphatic carbocycles. The molecule has 0 fully saturated rings. The highest BCUT2D eigenvalue weighted by molar-refractivity contribution is 7.92. The van der Waals surface area contributed by atoms with Gasteiger partial charge in [0, 0.05) is 12.1 Å². The molecule has 0 N–H and O–H groups in total. The van der Waals surface area contributed by atoms with E-state index in [-0.39, 0.29) is 16.0 Å². The van der Waals surface area contributed by atoms with E-state index in [1.807, 2.05) is 19.1 Å². The Morgan fingerprint density at radius 1 is 1.26 bits per heavy atom. The van der Waals surface area contributed by atoms with Crippen LogP contribution in [0.3, 0.4) is 0 Å². The number of nitro benzene ring substituents is 1. The van der Waals surface area contributed by atoms with Gasteiger partial charge in [0.25, 0.3) is 15.7 Å². The van der Waals surface area contributed by atoms with Crippen molar-refractivity contribution in [1.29, 1.82) is 0 Å². The van der Waals surface area contributed by atoms with Crippen LogP contribution in [0.4, 0.5) is 11.4 Å². The van der Waals surface area contributed by atoms with Crippen molar-refractivity contribution in [3.8, 4) is 0 Å². The predicted octanol–water partition coefficient (Wildman–Crippen LogP) is 3.39. The normalized spacial score (nSPS) is 17.1. The average Bonchev–Trinajstić information content (AvgIpc) is 2.83. The molecule has 0 unspecified atom stereocenters. The van der Waals surface area contributed by atoms with Crippen LogP contribution in [0.2, 0.25) is 5.02 Å². The summed E-state index contributed by atoms with van der Waals surface area (Å²) < 4.78 is 27.2.